The lowest BCUT2D eigenvalue weighted by Gasteiger charge is -2.31. The molecule has 160 valence electrons. The molecule has 3 heterocycles. The summed E-state index contributed by atoms with van der Waals surface area (Å²) in [5, 5.41) is 12.3. The number of nitrogens with zero attached hydrogens (tertiary/aromatic N) is 5. The number of para-hydroxylation sites is 1. The molecule has 3 atom stereocenters. The van der Waals surface area contributed by atoms with Gasteiger partial charge in [0.05, 0.1) is 12.6 Å². The number of hydrogen-bond donors (Lipinski definition) is 1. The van der Waals surface area contributed by atoms with Crippen LogP contribution >= 0.6 is 0 Å². The van der Waals surface area contributed by atoms with Gasteiger partial charge in [0, 0.05) is 32.1 Å². The highest BCUT2D eigenvalue weighted by Gasteiger charge is 2.36. The van der Waals surface area contributed by atoms with Gasteiger partial charge in [-0.1, -0.05) is 31.0 Å². The molecule has 1 saturated heterocycles. The van der Waals surface area contributed by atoms with E-state index < -0.39 is 0 Å². The zero-order valence-electron chi connectivity index (χ0n) is 18.0. The van der Waals surface area contributed by atoms with E-state index in [-0.39, 0.29) is 6.04 Å². The zero-order valence-corrected chi connectivity index (χ0v) is 18.0. The van der Waals surface area contributed by atoms with E-state index in [0.717, 1.165) is 61.3 Å². The number of rotatable bonds is 3. The van der Waals surface area contributed by atoms with Crippen LogP contribution in [0.1, 0.15) is 55.4 Å². The Labute approximate surface area is 178 Å². The van der Waals surface area contributed by atoms with Gasteiger partial charge < -0.3 is 19.5 Å². The molecular weight excluding hydrogens is 376 g/mol. The molecule has 0 spiro atoms. The molecule has 3 aliphatic rings. The summed E-state index contributed by atoms with van der Waals surface area (Å²) in [7, 11) is 2.01. The van der Waals surface area contributed by atoms with E-state index in [0.29, 0.717) is 6.54 Å². The molecule has 3 unspecified atom stereocenters. The number of likely N-dealkylation sites (tertiary alicyclic amines) is 1. The highest BCUT2D eigenvalue weighted by atomic mass is 16.5. The second kappa shape index (κ2) is 8.28. The molecule has 7 heteroatoms. The molecule has 5 rings (SSSR count). The Morgan fingerprint density at radius 3 is 2.63 bits per heavy atom. The van der Waals surface area contributed by atoms with Crippen molar-refractivity contribution >= 4 is 5.96 Å². The fraction of sp³-hybridized carbons (Fsp3) is 0.609. The minimum atomic E-state index is 0.220. The fourth-order valence-electron chi connectivity index (χ4n) is 5.20. The van der Waals surface area contributed by atoms with Gasteiger partial charge in [-0.15, -0.1) is 10.2 Å². The van der Waals surface area contributed by atoms with E-state index in [1.807, 2.05) is 24.6 Å². The lowest BCUT2D eigenvalue weighted by Crippen LogP contribution is -2.43. The van der Waals surface area contributed by atoms with Crippen molar-refractivity contribution in [2.75, 3.05) is 19.7 Å². The Morgan fingerprint density at radius 1 is 1.13 bits per heavy atom. The predicted octanol–water partition coefficient (Wildman–Crippen LogP) is 3.21. The van der Waals surface area contributed by atoms with Crippen LogP contribution in [-0.4, -0.2) is 45.3 Å². The number of hydrogen-bond acceptors (Lipinski definition) is 4. The number of aromatic nitrogens is 3. The van der Waals surface area contributed by atoms with E-state index in [1.54, 1.807) is 0 Å². The Morgan fingerprint density at radius 2 is 1.90 bits per heavy atom. The maximum absolute atomic E-state index is 5.87. The third-order valence-corrected chi connectivity index (χ3v) is 7.09. The Bertz CT molecular complexity index is 908. The van der Waals surface area contributed by atoms with Gasteiger partial charge in [-0.3, -0.25) is 0 Å². The van der Waals surface area contributed by atoms with Gasteiger partial charge in [-0.2, -0.15) is 0 Å². The molecule has 7 nitrogen and oxygen atoms in total. The van der Waals surface area contributed by atoms with E-state index >= 15 is 0 Å². The van der Waals surface area contributed by atoms with Gasteiger partial charge in [-0.05, 0) is 37.7 Å². The first-order chi connectivity index (χ1) is 14.7. The van der Waals surface area contributed by atoms with Gasteiger partial charge in [0.1, 0.15) is 18.1 Å². The smallest absolute Gasteiger partial charge is 0.194 e. The van der Waals surface area contributed by atoms with Gasteiger partial charge in [0.25, 0.3) is 0 Å². The monoisotopic (exact) mass is 408 g/mol. The number of aliphatic imine (C=N–C) groups is 1. The van der Waals surface area contributed by atoms with Gasteiger partial charge in [0.15, 0.2) is 11.8 Å². The number of benzene rings is 1. The van der Waals surface area contributed by atoms with Crippen molar-refractivity contribution in [1.82, 2.24) is 25.0 Å². The van der Waals surface area contributed by atoms with E-state index in [1.165, 1.54) is 31.2 Å². The maximum atomic E-state index is 5.87. The molecule has 2 fully saturated rings. The molecule has 0 radical (unpaired) electrons. The largest absolute Gasteiger partial charge is 0.493 e. The van der Waals surface area contributed by atoms with Crippen LogP contribution in [0.3, 0.4) is 0 Å². The normalized spacial score (nSPS) is 26.1. The van der Waals surface area contributed by atoms with E-state index in [9.17, 15) is 0 Å². The highest BCUT2D eigenvalue weighted by molar-refractivity contribution is 5.81. The Hall–Kier alpha value is -2.57. The third-order valence-electron chi connectivity index (χ3n) is 7.09. The van der Waals surface area contributed by atoms with Gasteiger partial charge in [0.2, 0.25) is 0 Å². The molecule has 0 bridgehead atoms. The Balaban J connectivity index is 1.40. The molecule has 1 aromatic heterocycles. The molecule has 1 aromatic carbocycles. The van der Waals surface area contributed by atoms with Crippen LogP contribution in [0.5, 0.6) is 5.75 Å². The number of aryl methyl sites for hydroxylation is 1. The van der Waals surface area contributed by atoms with Crippen LogP contribution in [-0.2, 0) is 13.6 Å². The molecule has 0 amide bonds. The first-order valence-corrected chi connectivity index (χ1v) is 11.3. The van der Waals surface area contributed by atoms with Crippen LogP contribution in [0.15, 0.2) is 29.3 Å². The standard InChI is InChI=1S/C23H32N6O/c1-16-26-27-22(28(16)2)13-24-23(29-14-17-7-3-4-8-18(17)15-29)25-20-11-12-30-21-10-6-5-9-19(20)21/h5-6,9-10,17-18,20H,3-4,7-8,11-15H2,1-2H3,(H,24,25). The predicted molar refractivity (Wildman–Crippen MR) is 116 cm³/mol. The summed E-state index contributed by atoms with van der Waals surface area (Å²) in [6.45, 7) is 5.47. The highest BCUT2D eigenvalue weighted by Crippen LogP contribution is 2.37. The van der Waals surface area contributed by atoms with Gasteiger partial charge >= 0.3 is 0 Å². The van der Waals surface area contributed by atoms with E-state index in [4.69, 9.17) is 9.73 Å². The minimum absolute atomic E-state index is 0.220. The topological polar surface area (TPSA) is 67.6 Å². The molecule has 1 saturated carbocycles. The summed E-state index contributed by atoms with van der Waals surface area (Å²) in [5.41, 5.74) is 1.22. The molecule has 1 aliphatic carbocycles. The average molecular weight is 409 g/mol. The SMILES string of the molecule is Cc1nnc(CN=C(NC2CCOc3ccccc32)N2CC3CCCCC3C2)n1C. The van der Waals surface area contributed by atoms with Crippen LogP contribution in [0.25, 0.3) is 0 Å². The first-order valence-electron chi connectivity index (χ1n) is 11.3. The van der Waals surface area contributed by atoms with Gasteiger partial charge in [-0.25, -0.2) is 4.99 Å². The number of fused-ring (bicyclic) bond motifs is 2. The summed E-state index contributed by atoms with van der Waals surface area (Å²) < 4.78 is 7.89. The van der Waals surface area contributed by atoms with Crippen LogP contribution < -0.4 is 10.1 Å². The lowest BCUT2D eigenvalue weighted by atomic mass is 9.82. The number of nitrogens with one attached hydrogen (secondary N) is 1. The summed E-state index contributed by atoms with van der Waals surface area (Å²) >= 11 is 0. The summed E-state index contributed by atoms with van der Waals surface area (Å²) in [6.07, 6.45) is 6.41. The fourth-order valence-corrected chi connectivity index (χ4v) is 5.20. The summed E-state index contributed by atoms with van der Waals surface area (Å²) in [6, 6.07) is 8.58. The second-order valence-electron chi connectivity index (χ2n) is 8.94. The summed E-state index contributed by atoms with van der Waals surface area (Å²) in [5.74, 6) is 5.43. The summed E-state index contributed by atoms with van der Waals surface area (Å²) in [4.78, 5) is 7.53. The first kappa shape index (κ1) is 19.4. The maximum Gasteiger partial charge on any atom is 0.194 e. The molecule has 1 N–H and O–H groups in total. The number of ether oxygens (including phenoxy) is 1. The van der Waals surface area contributed by atoms with Crippen LogP contribution in [0.2, 0.25) is 0 Å². The van der Waals surface area contributed by atoms with Crippen molar-refractivity contribution in [3.8, 4) is 5.75 Å². The average Bonchev–Trinajstić information content (AvgIpc) is 3.35. The lowest BCUT2D eigenvalue weighted by molar-refractivity contribution is 0.259. The second-order valence-corrected chi connectivity index (χ2v) is 8.94. The van der Waals surface area contributed by atoms with Crippen molar-refractivity contribution in [3.05, 3.63) is 41.5 Å². The van der Waals surface area contributed by atoms with Crippen molar-refractivity contribution in [3.63, 3.8) is 0 Å². The molecule has 30 heavy (non-hydrogen) atoms. The molecule has 2 aromatic rings. The zero-order chi connectivity index (χ0) is 20.5. The van der Waals surface area contributed by atoms with Crippen molar-refractivity contribution in [1.29, 1.82) is 0 Å². The van der Waals surface area contributed by atoms with Crippen molar-refractivity contribution in [2.24, 2.45) is 23.9 Å². The van der Waals surface area contributed by atoms with E-state index in [2.05, 4.69) is 38.6 Å². The Kier molecular flexibility index (Phi) is 5.35. The minimum Gasteiger partial charge on any atom is -0.493 e. The van der Waals surface area contributed by atoms with Crippen molar-refractivity contribution in [2.45, 2.75) is 51.6 Å². The van der Waals surface area contributed by atoms with Crippen LogP contribution in [0, 0.1) is 18.8 Å². The number of guanidine groups is 1. The third kappa shape index (κ3) is 3.77. The van der Waals surface area contributed by atoms with Crippen LogP contribution in [0.4, 0.5) is 0 Å². The van der Waals surface area contributed by atoms with Crippen molar-refractivity contribution < 1.29 is 4.74 Å². The quantitative estimate of drug-likeness (QED) is 0.624. The molecule has 2 aliphatic heterocycles. The molecular formula is C23H32N6O.